The van der Waals surface area contributed by atoms with Gasteiger partial charge >= 0.3 is 12.3 Å². The van der Waals surface area contributed by atoms with Crippen LogP contribution in [0.1, 0.15) is 30.9 Å². The first-order valence-electron chi connectivity index (χ1n) is 13.8. The summed E-state index contributed by atoms with van der Waals surface area (Å²) in [5.74, 6) is -2.03. The van der Waals surface area contributed by atoms with Crippen molar-refractivity contribution in [3.8, 4) is 5.75 Å². The van der Waals surface area contributed by atoms with Crippen molar-refractivity contribution in [1.82, 2.24) is 19.5 Å². The van der Waals surface area contributed by atoms with E-state index in [0.29, 0.717) is 21.9 Å². The van der Waals surface area contributed by atoms with Crippen LogP contribution in [0.2, 0.25) is 0 Å². The molecule has 2 aromatic carbocycles. The maximum Gasteiger partial charge on any atom is 0.573 e. The highest BCUT2D eigenvalue weighted by atomic mass is 32.2. The van der Waals surface area contributed by atoms with Crippen molar-refractivity contribution in [3.63, 3.8) is 0 Å². The van der Waals surface area contributed by atoms with Crippen molar-refractivity contribution in [1.29, 1.82) is 0 Å². The zero-order valence-electron chi connectivity index (χ0n) is 24.0. The molecule has 12 nitrogen and oxygen atoms in total. The number of carboxylic acids is 1. The van der Waals surface area contributed by atoms with Crippen LogP contribution >= 0.6 is 11.3 Å². The molecule has 2 aromatic heterocycles. The number of fused-ring (bicyclic) bond motifs is 1. The Kier molecular flexibility index (Phi) is 10.8. The lowest BCUT2D eigenvalue weighted by atomic mass is 10.1. The van der Waals surface area contributed by atoms with Gasteiger partial charge in [0.2, 0.25) is 10.0 Å². The molecular weight excluding hydrogens is 637 g/mol. The Hall–Kier alpha value is -4.06. The number of piperazine rings is 1. The molecule has 5 rings (SSSR count). The molecule has 0 unspecified atom stereocenters. The summed E-state index contributed by atoms with van der Waals surface area (Å²) >= 11 is 1.02. The summed E-state index contributed by atoms with van der Waals surface area (Å²) in [7, 11) is -4.35. The third kappa shape index (κ3) is 8.56. The maximum absolute atomic E-state index is 13.0. The monoisotopic (exact) mass is 668 g/mol. The highest BCUT2D eigenvalue weighted by molar-refractivity contribution is 7.89. The van der Waals surface area contributed by atoms with E-state index in [2.05, 4.69) is 51.1 Å². The average Bonchev–Trinajstić information content (AvgIpc) is 3.46. The van der Waals surface area contributed by atoms with Gasteiger partial charge in [-0.15, -0.1) is 13.2 Å². The number of aryl methyl sites for hydroxylation is 1. The molecule has 0 amide bonds. The van der Waals surface area contributed by atoms with E-state index in [4.69, 9.17) is 5.73 Å². The molecule has 17 heteroatoms. The van der Waals surface area contributed by atoms with E-state index in [1.807, 2.05) is 0 Å². The Labute approximate surface area is 260 Å². The number of aromatic amines is 1. The number of hydrogen-bond donors (Lipinski definition) is 3. The van der Waals surface area contributed by atoms with Gasteiger partial charge in [0.25, 0.3) is 5.56 Å². The molecule has 1 aliphatic rings. The third-order valence-electron chi connectivity index (χ3n) is 6.83. The number of hydrogen-bond acceptors (Lipinski definition) is 10. The predicted molar refractivity (Wildman–Crippen MR) is 162 cm³/mol. The normalized spacial score (nSPS) is 15.8. The van der Waals surface area contributed by atoms with Gasteiger partial charge in [0.1, 0.15) is 22.0 Å². The van der Waals surface area contributed by atoms with E-state index in [9.17, 15) is 36.3 Å². The molecular formula is C28H31F3N6O6S2. The Balaban J connectivity index is 0.000000323. The molecule has 242 valence electrons. The number of sulfonamides is 1. The summed E-state index contributed by atoms with van der Waals surface area (Å²) in [6.45, 7) is 2.45. The highest BCUT2D eigenvalue weighted by Gasteiger charge is 2.41. The van der Waals surface area contributed by atoms with Gasteiger partial charge in [0, 0.05) is 26.2 Å². The number of halogens is 3. The zero-order chi connectivity index (χ0) is 32.8. The molecule has 0 spiro atoms. The van der Waals surface area contributed by atoms with E-state index >= 15 is 0 Å². The predicted octanol–water partition coefficient (Wildman–Crippen LogP) is 3.73. The van der Waals surface area contributed by atoms with E-state index in [1.165, 1.54) is 36.6 Å². The van der Waals surface area contributed by atoms with Crippen molar-refractivity contribution < 1.29 is 36.2 Å². The molecule has 1 saturated heterocycles. The van der Waals surface area contributed by atoms with Crippen LogP contribution in [0.5, 0.6) is 5.75 Å². The summed E-state index contributed by atoms with van der Waals surface area (Å²) < 4.78 is 67.9. The number of carbonyl (C=O) groups is 1. The molecule has 0 radical (unpaired) electrons. The lowest BCUT2D eigenvalue weighted by Gasteiger charge is -2.38. The number of H-pyrrole nitrogens is 1. The lowest BCUT2D eigenvalue weighted by molar-refractivity contribution is -0.274. The van der Waals surface area contributed by atoms with Crippen LogP contribution in [0.3, 0.4) is 0 Å². The van der Waals surface area contributed by atoms with Gasteiger partial charge in [-0.25, -0.2) is 18.5 Å². The van der Waals surface area contributed by atoms with Crippen LogP contribution in [0.4, 0.5) is 18.3 Å². The fourth-order valence-electron chi connectivity index (χ4n) is 4.51. The van der Waals surface area contributed by atoms with Crippen molar-refractivity contribution in [2.45, 2.75) is 50.0 Å². The molecule has 0 saturated carbocycles. The Morgan fingerprint density at radius 2 is 1.80 bits per heavy atom. The molecule has 0 aliphatic carbocycles. The van der Waals surface area contributed by atoms with Crippen molar-refractivity contribution in [3.05, 3.63) is 76.2 Å². The van der Waals surface area contributed by atoms with Gasteiger partial charge in [-0.05, 0) is 48.2 Å². The number of ether oxygens (including phenoxy) is 1. The van der Waals surface area contributed by atoms with E-state index in [0.717, 1.165) is 39.9 Å². The summed E-state index contributed by atoms with van der Waals surface area (Å²) in [5, 5.41) is 15.9. The summed E-state index contributed by atoms with van der Waals surface area (Å²) in [6.07, 6.45) is 0.146. The molecule has 3 heterocycles. The number of rotatable bonds is 9. The van der Waals surface area contributed by atoms with Crippen LogP contribution in [0.15, 0.2) is 64.4 Å². The second-order valence-electron chi connectivity index (χ2n) is 9.97. The van der Waals surface area contributed by atoms with Crippen LogP contribution in [0.25, 0.3) is 10.2 Å². The first-order valence-corrected chi connectivity index (χ1v) is 16.1. The number of carboxylic acid groups (broad SMARTS) is 1. The largest absolute Gasteiger partial charge is 0.573 e. The van der Waals surface area contributed by atoms with Crippen LogP contribution in [-0.4, -0.2) is 71.0 Å². The fourth-order valence-corrected chi connectivity index (χ4v) is 7.04. The quantitative estimate of drug-likeness (QED) is 0.239. The topological polar surface area (TPSA) is 172 Å². The first kappa shape index (κ1) is 33.8. The molecule has 4 aromatic rings. The smallest absolute Gasteiger partial charge is 0.480 e. The standard InChI is InChI=1S/C17H14F3N5O6S2.C11H17N/c18-17(19,20)31-9-1-3-10(4-2-9)33(29,30)25-6-5-24(8-12(25)15(27)28)16-22-11-7-21-23-14(26)13(11)32-16;1-2-3-4-10-5-7-11(9-12)8-6-10/h1-4,7,12H,5-6,8H2,(H,23,26)(H,27,28);5-8H,2-4,9,12H2,1H3/t12-;/m1./s1. The Morgan fingerprint density at radius 1 is 1.13 bits per heavy atom. The minimum Gasteiger partial charge on any atom is -0.480 e. The number of alkyl halides is 3. The van der Waals surface area contributed by atoms with E-state index < -0.39 is 39.7 Å². The average molecular weight is 669 g/mol. The molecule has 4 N–H and O–H groups in total. The molecule has 1 fully saturated rings. The number of unbranched alkanes of at least 4 members (excludes halogenated alkanes) is 1. The molecule has 0 bridgehead atoms. The van der Waals surface area contributed by atoms with Gasteiger partial charge in [-0.2, -0.15) is 9.40 Å². The van der Waals surface area contributed by atoms with Crippen LogP contribution in [0, 0.1) is 0 Å². The van der Waals surface area contributed by atoms with Crippen LogP contribution < -0.4 is 20.9 Å². The van der Waals surface area contributed by atoms with Gasteiger partial charge in [0.05, 0.1) is 11.1 Å². The molecule has 45 heavy (non-hydrogen) atoms. The van der Waals surface area contributed by atoms with Crippen molar-refractivity contribution >= 4 is 42.7 Å². The molecule has 1 aliphatic heterocycles. The number of nitrogens with two attached hydrogens (primary N) is 1. The SMILES string of the molecule is CCCCc1ccc(CN)cc1.O=C(O)[C@H]1CN(c2nc3cn[nH]c(=O)c3s2)CCN1S(=O)(=O)c1ccc(OC(F)(F)F)cc1. The summed E-state index contributed by atoms with van der Waals surface area (Å²) in [4.78, 5) is 29.2. The summed E-state index contributed by atoms with van der Waals surface area (Å²) in [6, 6.07) is 10.6. The van der Waals surface area contributed by atoms with E-state index in [1.54, 1.807) is 4.90 Å². The van der Waals surface area contributed by atoms with Crippen LogP contribution in [-0.2, 0) is 27.8 Å². The van der Waals surface area contributed by atoms with Gasteiger partial charge in [0.15, 0.2) is 5.13 Å². The number of aromatic nitrogens is 3. The van der Waals surface area contributed by atoms with Crippen molar-refractivity contribution in [2.24, 2.45) is 5.73 Å². The zero-order valence-corrected chi connectivity index (χ0v) is 25.7. The third-order valence-corrected chi connectivity index (χ3v) is 9.88. The Bertz CT molecular complexity index is 1760. The number of benzene rings is 2. The summed E-state index contributed by atoms with van der Waals surface area (Å²) in [5.41, 5.74) is 8.01. The van der Waals surface area contributed by atoms with Gasteiger partial charge < -0.3 is 20.5 Å². The molecule has 1 atom stereocenters. The number of nitrogens with zero attached hydrogens (tertiary/aromatic N) is 4. The van der Waals surface area contributed by atoms with Gasteiger partial charge in [-0.3, -0.25) is 9.59 Å². The second-order valence-corrected chi connectivity index (χ2v) is 12.8. The number of anilines is 1. The minimum absolute atomic E-state index is 0.0729. The van der Waals surface area contributed by atoms with Crippen molar-refractivity contribution in [2.75, 3.05) is 24.5 Å². The van der Waals surface area contributed by atoms with Gasteiger partial charge in [-0.1, -0.05) is 48.9 Å². The number of thiazole rings is 1. The minimum atomic E-state index is -4.94. The fraction of sp³-hybridized carbons (Fsp3) is 0.357. The maximum atomic E-state index is 13.0. The Morgan fingerprint density at radius 3 is 2.38 bits per heavy atom. The first-order chi connectivity index (χ1) is 21.3. The number of aliphatic carboxylic acids is 1. The second kappa shape index (κ2) is 14.4. The highest BCUT2D eigenvalue weighted by Crippen LogP contribution is 2.31. The number of nitrogens with one attached hydrogen (secondary N) is 1. The lowest BCUT2D eigenvalue weighted by Crippen LogP contribution is -2.58. The van der Waals surface area contributed by atoms with E-state index in [-0.39, 0.29) is 24.5 Å².